The van der Waals surface area contributed by atoms with E-state index in [4.69, 9.17) is 11.6 Å². The van der Waals surface area contributed by atoms with E-state index < -0.39 is 5.97 Å². The minimum atomic E-state index is -1.40. The van der Waals surface area contributed by atoms with Crippen molar-refractivity contribution in [2.75, 3.05) is 0 Å². The third-order valence-electron chi connectivity index (χ3n) is 2.03. The van der Waals surface area contributed by atoms with Crippen LogP contribution in [0.25, 0.3) is 5.65 Å². The molecule has 0 aliphatic carbocycles. The molecule has 2 rings (SSSR count). The highest BCUT2D eigenvalue weighted by Crippen LogP contribution is 2.21. The van der Waals surface area contributed by atoms with Gasteiger partial charge in [0.25, 0.3) is 0 Å². The molecule has 6 heteroatoms. The second-order valence-corrected chi connectivity index (χ2v) is 3.60. The van der Waals surface area contributed by atoms with Gasteiger partial charge in [-0.1, -0.05) is 11.6 Å². The molecule has 15 heavy (non-hydrogen) atoms. The second kappa shape index (κ2) is 3.20. The number of fused-ring (bicyclic) bond motifs is 1. The summed E-state index contributed by atoms with van der Waals surface area (Å²) in [4.78, 5) is 14.8. The van der Waals surface area contributed by atoms with Gasteiger partial charge < -0.3 is 9.90 Å². The van der Waals surface area contributed by atoms with E-state index in [1.807, 2.05) is 0 Å². The van der Waals surface area contributed by atoms with Crippen molar-refractivity contribution < 1.29 is 9.90 Å². The van der Waals surface area contributed by atoms with Gasteiger partial charge in [-0.05, 0) is 19.9 Å². The first-order chi connectivity index (χ1) is 7.00. The molecular weight excluding hydrogens is 218 g/mol. The van der Waals surface area contributed by atoms with Crippen molar-refractivity contribution in [1.82, 2.24) is 14.6 Å². The van der Waals surface area contributed by atoms with E-state index >= 15 is 0 Å². The molecule has 0 N–H and O–H groups in total. The highest BCUT2D eigenvalue weighted by atomic mass is 35.5. The van der Waals surface area contributed by atoms with Gasteiger partial charge in [-0.3, -0.25) is 0 Å². The molecule has 5 nitrogen and oxygen atoms in total. The van der Waals surface area contributed by atoms with Crippen LogP contribution in [0.1, 0.15) is 21.9 Å². The fourth-order valence-electron chi connectivity index (χ4n) is 1.43. The number of hydrogen-bond donors (Lipinski definition) is 0. The Hall–Kier alpha value is -1.62. The molecule has 0 aromatic carbocycles. The summed E-state index contributed by atoms with van der Waals surface area (Å²) in [6.45, 7) is 3.60. The van der Waals surface area contributed by atoms with Crippen LogP contribution in [0.3, 0.4) is 0 Å². The standard InChI is InChI=1S/C9H8ClN3O2/c1-4-3-5(2)13-8(11-4)6(10)7(12-13)9(14)15/h3H,1-2H3,(H,14,15)/p-1. The second-order valence-electron chi connectivity index (χ2n) is 3.22. The number of hydrogen-bond acceptors (Lipinski definition) is 4. The predicted octanol–water partition coefficient (Wildman–Crippen LogP) is 0.363. The summed E-state index contributed by atoms with van der Waals surface area (Å²) < 4.78 is 1.39. The number of halogens is 1. The Labute approximate surface area is 90.3 Å². The maximum Gasteiger partial charge on any atom is 0.175 e. The topological polar surface area (TPSA) is 70.3 Å². The Kier molecular flexibility index (Phi) is 2.12. The normalized spacial score (nSPS) is 10.9. The monoisotopic (exact) mass is 224 g/mol. The minimum absolute atomic E-state index is 0.0156. The van der Waals surface area contributed by atoms with Crippen molar-refractivity contribution in [1.29, 1.82) is 0 Å². The molecule has 0 amide bonds. The largest absolute Gasteiger partial charge is 0.543 e. The van der Waals surface area contributed by atoms with E-state index in [1.54, 1.807) is 19.9 Å². The van der Waals surface area contributed by atoms with E-state index in [0.717, 1.165) is 11.4 Å². The molecular formula is C9H7ClN3O2-. The van der Waals surface area contributed by atoms with E-state index in [-0.39, 0.29) is 10.7 Å². The quantitative estimate of drug-likeness (QED) is 0.702. The Morgan fingerprint density at radius 3 is 2.80 bits per heavy atom. The fourth-order valence-corrected chi connectivity index (χ4v) is 1.66. The molecule has 78 valence electrons. The number of aromatic carboxylic acids is 1. The number of aromatic nitrogens is 3. The lowest BCUT2D eigenvalue weighted by molar-refractivity contribution is -0.255. The van der Waals surface area contributed by atoms with Crippen molar-refractivity contribution in [2.24, 2.45) is 0 Å². The fraction of sp³-hybridized carbons (Fsp3) is 0.222. The van der Waals surface area contributed by atoms with Gasteiger partial charge in [0.05, 0.1) is 5.97 Å². The average Bonchev–Trinajstić information content (AvgIpc) is 2.44. The number of carbonyl (C=O) groups is 1. The van der Waals surface area contributed by atoms with Gasteiger partial charge in [-0.15, -0.1) is 0 Å². The lowest BCUT2D eigenvalue weighted by atomic mass is 10.3. The predicted molar refractivity (Wildman–Crippen MR) is 51.8 cm³/mol. The van der Waals surface area contributed by atoms with Crippen LogP contribution < -0.4 is 5.11 Å². The minimum Gasteiger partial charge on any atom is -0.543 e. The van der Waals surface area contributed by atoms with Crippen LogP contribution in [0.4, 0.5) is 0 Å². The number of carboxylic acid groups (broad SMARTS) is 1. The molecule has 0 aliphatic heterocycles. The zero-order valence-corrected chi connectivity index (χ0v) is 8.87. The van der Waals surface area contributed by atoms with E-state index in [1.165, 1.54) is 4.52 Å². The van der Waals surface area contributed by atoms with Crippen LogP contribution in [-0.4, -0.2) is 20.6 Å². The van der Waals surface area contributed by atoms with Gasteiger partial charge >= 0.3 is 0 Å². The molecule has 0 atom stereocenters. The summed E-state index contributed by atoms with van der Waals surface area (Å²) in [5.74, 6) is -1.40. The smallest absolute Gasteiger partial charge is 0.175 e. The van der Waals surface area contributed by atoms with Gasteiger partial charge in [0.1, 0.15) is 10.7 Å². The summed E-state index contributed by atoms with van der Waals surface area (Å²) in [7, 11) is 0. The molecule has 0 saturated carbocycles. The molecule has 0 unspecified atom stereocenters. The summed E-state index contributed by atoms with van der Waals surface area (Å²) in [5, 5.41) is 14.5. The first kappa shape index (κ1) is 9.92. The first-order valence-corrected chi connectivity index (χ1v) is 4.62. The summed E-state index contributed by atoms with van der Waals surface area (Å²) in [6, 6.07) is 1.79. The van der Waals surface area contributed by atoms with Gasteiger partial charge in [-0.25, -0.2) is 9.50 Å². The summed E-state index contributed by atoms with van der Waals surface area (Å²) in [5.41, 5.74) is 1.59. The molecule has 0 saturated heterocycles. The Balaban J connectivity index is 2.88. The Morgan fingerprint density at radius 2 is 2.20 bits per heavy atom. The highest BCUT2D eigenvalue weighted by molar-refractivity contribution is 6.36. The number of rotatable bonds is 1. The first-order valence-electron chi connectivity index (χ1n) is 4.24. The van der Waals surface area contributed by atoms with E-state index in [0.29, 0.717) is 5.65 Å². The van der Waals surface area contributed by atoms with Crippen molar-refractivity contribution >= 4 is 23.2 Å². The molecule has 0 aliphatic rings. The molecule has 0 spiro atoms. The molecule has 0 bridgehead atoms. The average molecular weight is 225 g/mol. The summed E-state index contributed by atoms with van der Waals surface area (Å²) in [6.07, 6.45) is 0. The van der Waals surface area contributed by atoms with Crippen LogP contribution in [0, 0.1) is 13.8 Å². The third kappa shape index (κ3) is 1.45. The van der Waals surface area contributed by atoms with Crippen LogP contribution in [0.15, 0.2) is 6.07 Å². The number of carbonyl (C=O) groups excluding carboxylic acids is 1. The van der Waals surface area contributed by atoms with Gasteiger partial charge in [0.15, 0.2) is 5.65 Å². The van der Waals surface area contributed by atoms with Crippen LogP contribution in [-0.2, 0) is 0 Å². The molecule has 0 radical (unpaired) electrons. The lowest BCUT2D eigenvalue weighted by Gasteiger charge is -1.99. The van der Waals surface area contributed by atoms with E-state index in [9.17, 15) is 9.90 Å². The molecule has 2 aromatic rings. The molecule has 2 aromatic heterocycles. The van der Waals surface area contributed by atoms with Gasteiger partial charge in [0.2, 0.25) is 0 Å². The lowest BCUT2D eigenvalue weighted by Crippen LogP contribution is -2.23. The van der Waals surface area contributed by atoms with Crippen LogP contribution in [0.2, 0.25) is 5.02 Å². The van der Waals surface area contributed by atoms with Crippen molar-refractivity contribution in [3.05, 3.63) is 28.2 Å². The van der Waals surface area contributed by atoms with Crippen molar-refractivity contribution in [2.45, 2.75) is 13.8 Å². The number of nitrogens with zero attached hydrogens (tertiary/aromatic N) is 3. The Bertz CT molecular complexity index is 562. The zero-order valence-electron chi connectivity index (χ0n) is 8.11. The maximum atomic E-state index is 10.7. The Morgan fingerprint density at radius 1 is 1.53 bits per heavy atom. The third-order valence-corrected chi connectivity index (χ3v) is 2.38. The molecule has 0 fully saturated rings. The number of aryl methyl sites for hydroxylation is 2. The van der Waals surface area contributed by atoms with Crippen molar-refractivity contribution in [3.8, 4) is 0 Å². The highest BCUT2D eigenvalue weighted by Gasteiger charge is 2.14. The SMILES string of the molecule is Cc1cc(C)n2nc(C(=O)[O-])c(Cl)c2n1. The van der Waals surface area contributed by atoms with E-state index in [2.05, 4.69) is 10.1 Å². The molecule has 2 heterocycles. The van der Waals surface area contributed by atoms with Gasteiger partial charge in [-0.2, -0.15) is 5.10 Å². The van der Waals surface area contributed by atoms with Crippen LogP contribution in [0.5, 0.6) is 0 Å². The van der Waals surface area contributed by atoms with Crippen molar-refractivity contribution in [3.63, 3.8) is 0 Å². The number of carboxylic acids is 1. The van der Waals surface area contributed by atoms with Crippen LogP contribution >= 0.6 is 11.6 Å². The maximum absolute atomic E-state index is 10.7. The van der Waals surface area contributed by atoms with Gasteiger partial charge in [0, 0.05) is 11.4 Å². The summed E-state index contributed by atoms with van der Waals surface area (Å²) >= 11 is 5.83. The zero-order chi connectivity index (χ0) is 11.2.